The van der Waals surface area contributed by atoms with Crippen LogP contribution in [-0.2, 0) is 12.1 Å². The third kappa shape index (κ3) is 4.61. The molecule has 4 aromatic rings. The molecule has 8 nitrogen and oxygen atoms in total. The highest BCUT2D eigenvalue weighted by Crippen LogP contribution is 2.29. The van der Waals surface area contributed by atoms with E-state index >= 15 is 0 Å². The summed E-state index contributed by atoms with van der Waals surface area (Å²) in [4.78, 5) is 21.4. The minimum absolute atomic E-state index is 0.259. The number of nitrogens with zero attached hydrogens (tertiary/aromatic N) is 5. The highest BCUT2D eigenvalue weighted by molar-refractivity contribution is 5.67. The third-order valence-corrected chi connectivity index (χ3v) is 6.13. The summed E-state index contributed by atoms with van der Waals surface area (Å²) >= 11 is 0. The molecule has 35 heavy (non-hydrogen) atoms. The molecule has 0 radical (unpaired) electrons. The van der Waals surface area contributed by atoms with Crippen LogP contribution in [0.4, 0.5) is 4.39 Å². The van der Waals surface area contributed by atoms with Gasteiger partial charge >= 0.3 is 0 Å². The van der Waals surface area contributed by atoms with Crippen molar-refractivity contribution in [3.8, 4) is 40.0 Å². The van der Waals surface area contributed by atoms with Gasteiger partial charge in [-0.2, -0.15) is 5.26 Å². The number of hydrogen-bond acceptors (Lipinski definition) is 7. The summed E-state index contributed by atoms with van der Waals surface area (Å²) in [6.07, 6.45) is 5.70. The van der Waals surface area contributed by atoms with E-state index in [9.17, 15) is 14.4 Å². The summed E-state index contributed by atoms with van der Waals surface area (Å²) in [6, 6.07) is 11.9. The van der Waals surface area contributed by atoms with Crippen LogP contribution >= 0.6 is 0 Å². The summed E-state index contributed by atoms with van der Waals surface area (Å²) in [5, 5.41) is 16.8. The second kappa shape index (κ2) is 9.99. The number of nitrogens with one attached hydrogen (secondary N) is 1. The Morgan fingerprint density at radius 3 is 2.57 bits per heavy atom. The zero-order valence-corrected chi connectivity index (χ0v) is 19.7. The zero-order valence-electron chi connectivity index (χ0n) is 19.7. The van der Waals surface area contributed by atoms with Crippen LogP contribution in [0, 0.1) is 17.1 Å². The van der Waals surface area contributed by atoms with Gasteiger partial charge in [0.25, 0.3) is 5.56 Å². The van der Waals surface area contributed by atoms with Gasteiger partial charge in [-0.3, -0.25) is 14.3 Å². The topological polar surface area (TPSA) is 110 Å². The lowest BCUT2D eigenvalue weighted by Crippen LogP contribution is -2.38. The van der Waals surface area contributed by atoms with Gasteiger partial charge in [0.1, 0.15) is 22.7 Å². The van der Waals surface area contributed by atoms with E-state index in [0.717, 1.165) is 5.56 Å². The van der Waals surface area contributed by atoms with Crippen molar-refractivity contribution >= 4 is 0 Å². The van der Waals surface area contributed by atoms with E-state index in [2.05, 4.69) is 26.5 Å². The summed E-state index contributed by atoms with van der Waals surface area (Å²) in [5.74, 6) is -0.0672. The molecule has 0 fully saturated rings. The number of rotatable bonds is 8. The Balaban J connectivity index is 1.69. The van der Waals surface area contributed by atoms with Crippen LogP contribution in [0.15, 0.2) is 64.3 Å². The number of halogens is 1. The number of hydrogen-bond donors (Lipinski definition) is 1. The predicted octanol–water partition coefficient (Wildman–Crippen LogP) is 4.52. The Hall–Kier alpha value is -4.16. The maximum absolute atomic E-state index is 14.6. The molecule has 0 aliphatic heterocycles. The van der Waals surface area contributed by atoms with Crippen LogP contribution in [0.2, 0.25) is 0 Å². The first-order valence-electron chi connectivity index (χ1n) is 11.3. The quantitative estimate of drug-likeness (QED) is 0.401. The molecule has 0 saturated heterocycles. The molecule has 3 aromatic heterocycles. The fourth-order valence-corrected chi connectivity index (χ4v) is 4.00. The Bertz CT molecular complexity index is 1450. The van der Waals surface area contributed by atoms with Crippen molar-refractivity contribution < 1.29 is 8.91 Å². The Kier molecular flexibility index (Phi) is 6.85. The predicted molar refractivity (Wildman–Crippen MR) is 130 cm³/mol. The van der Waals surface area contributed by atoms with Gasteiger partial charge in [-0.25, -0.2) is 9.37 Å². The first-order chi connectivity index (χ1) is 16.9. The van der Waals surface area contributed by atoms with Crippen LogP contribution in [0.3, 0.4) is 0 Å². The first-order valence-corrected chi connectivity index (χ1v) is 11.3. The fraction of sp³-hybridized carbons (Fsp3) is 0.269. The Labute approximate surface area is 202 Å². The van der Waals surface area contributed by atoms with Crippen LogP contribution in [0.5, 0.6) is 0 Å². The van der Waals surface area contributed by atoms with Gasteiger partial charge in [-0.05, 0) is 43.7 Å². The molecular formula is C26H25FN6O2. The van der Waals surface area contributed by atoms with E-state index in [4.69, 9.17) is 4.52 Å². The smallest absolute Gasteiger partial charge is 0.251 e. The lowest BCUT2D eigenvalue weighted by Gasteiger charge is -2.26. The average molecular weight is 473 g/mol. The molecule has 0 unspecified atom stereocenters. The highest BCUT2D eigenvalue weighted by atomic mass is 19.1. The second-order valence-corrected chi connectivity index (χ2v) is 8.19. The summed E-state index contributed by atoms with van der Waals surface area (Å²) in [6.45, 7) is 4.32. The molecule has 0 aliphatic carbocycles. The molecule has 0 saturated carbocycles. The largest absolute Gasteiger partial charge is 0.354 e. The Morgan fingerprint density at radius 1 is 1.11 bits per heavy atom. The normalized spacial score (nSPS) is 11.4. The SMILES string of the molecule is CCC(C#N)(CC)n1cc(-c2cncc(-c3cc(-c4ccc(CNC)cc4F)no3)n2)ccc1=O. The molecule has 0 atom stereocenters. The van der Waals surface area contributed by atoms with Gasteiger partial charge in [-0.1, -0.05) is 25.1 Å². The number of benzene rings is 1. The Morgan fingerprint density at radius 2 is 1.89 bits per heavy atom. The van der Waals surface area contributed by atoms with Crippen molar-refractivity contribution in [2.75, 3.05) is 7.05 Å². The maximum Gasteiger partial charge on any atom is 0.251 e. The first kappa shape index (κ1) is 24.0. The van der Waals surface area contributed by atoms with Gasteiger partial charge in [0.2, 0.25) is 0 Å². The van der Waals surface area contributed by atoms with Crippen LogP contribution in [0.1, 0.15) is 32.3 Å². The van der Waals surface area contributed by atoms with Crippen molar-refractivity contribution in [1.82, 2.24) is 25.0 Å². The minimum atomic E-state index is -0.940. The van der Waals surface area contributed by atoms with Gasteiger partial charge in [-0.15, -0.1) is 0 Å². The molecule has 4 rings (SSSR count). The van der Waals surface area contributed by atoms with E-state index < -0.39 is 11.4 Å². The fourth-order valence-electron chi connectivity index (χ4n) is 4.00. The monoisotopic (exact) mass is 472 g/mol. The maximum atomic E-state index is 14.6. The molecule has 0 bridgehead atoms. The van der Waals surface area contributed by atoms with E-state index in [1.54, 1.807) is 37.6 Å². The van der Waals surface area contributed by atoms with Crippen molar-refractivity contribution in [1.29, 1.82) is 5.26 Å². The van der Waals surface area contributed by atoms with Gasteiger partial charge in [0.15, 0.2) is 5.76 Å². The summed E-state index contributed by atoms with van der Waals surface area (Å²) < 4.78 is 21.5. The standard InChI is InChI=1S/C26H25FN6O2/c1-4-26(5-2,16-28)33-15-18(7-9-25(33)34)22-13-30-14-23(31-22)24-11-21(32-35-24)19-8-6-17(12-29-3)10-20(19)27/h6-11,13-15,29H,4-5,12H2,1-3H3. The van der Waals surface area contributed by atoms with Crippen LogP contribution in [0.25, 0.3) is 34.0 Å². The highest BCUT2D eigenvalue weighted by Gasteiger charge is 2.29. The number of aromatic nitrogens is 4. The second-order valence-electron chi connectivity index (χ2n) is 8.19. The average Bonchev–Trinajstić information content (AvgIpc) is 3.37. The molecule has 178 valence electrons. The van der Waals surface area contributed by atoms with E-state index in [1.165, 1.54) is 22.9 Å². The molecule has 0 aliphatic rings. The van der Waals surface area contributed by atoms with Gasteiger partial charge in [0.05, 0.1) is 24.2 Å². The van der Waals surface area contributed by atoms with E-state index in [-0.39, 0.29) is 5.56 Å². The summed E-state index contributed by atoms with van der Waals surface area (Å²) in [7, 11) is 1.80. The zero-order chi connectivity index (χ0) is 25.0. The van der Waals surface area contributed by atoms with E-state index in [1.807, 2.05) is 19.9 Å². The number of pyridine rings is 1. The third-order valence-electron chi connectivity index (χ3n) is 6.13. The lowest BCUT2D eigenvalue weighted by atomic mass is 9.94. The molecule has 3 heterocycles. The van der Waals surface area contributed by atoms with Crippen molar-refractivity contribution in [2.24, 2.45) is 0 Å². The lowest BCUT2D eigenvalue weighted by molar-refractivity contribution is 0.345. The van der Waals surface area contributed by atoms with Crippen molar-refractivity contribution in [2.45, 2.75) is 38.8 Å². The van der Waals surface area contributed by atoms with Gasteiger partial charge < -0.3 is 9.84 Å². The molecule has 0 spiro atoms. The van der Waals surface area contributed by atoms with Crippen molar-refractivity contribution in [3.63, 3.8) is 0 Å². The van der Waals surface area contributed by atoms with E-state index in [0.29, 0.717) is 53.4 Å². The van der Waals surface area contributed by atoms with Gasteiger partial charge in [0, 0.05) is 36.0 Å². The minimum Gasteiger partial charge on any atom is -0.354 e. The summed E-state index contributed by atoms with van der Waals surface area (Å²) in [5.41, 5.74) is 1.83. The van der Waals surface area contributed by atoms with Crippen molar-refractivity contribution in [3.05, 3.63) is 76.7 Å². The molecule has 9 heteroatoms. The molecule has 1 N–H and O–H groups in total. The molecular weight excluding hydrogens is 447 g/mol. The molecule has 0 amide bonds. The van der Waals surface area contributed by atoms with Crippen LogP contribution < -0.4 is 10.9 Å². The number of nitriles is 1. The van der Waals surface area contributed by atoms with Crippen LogP contribution in [-0.4, -0.2) is 26.7 Å². The molecule has 1 aromatic carbocycles.